The molecule has 2 heterocycles. The molecule has 2 aliphatic heterocycles. The van der Waals surface area contributed by atoms with Crippen LogP contribution >= 0.6 is 0 Å². The number of anilines is 1. The molecule has 1 aromatic rings. The fourth-order valence-corrected chi connectivity index (χ4v) is 3.66. The van der Waals surface area contributed by atoms with Gasteiger partial charge in [-0.2, -0.15) is 0 Å². The molecule has 7 nitrogen and oxygen atoms in total. The molecule has 0 saturated carbocycles. The summed E-state index contributed by atoms with van der Waals surface area (Å²) in [7, 11) is 0. The summed E-state index contributed by atoms with van der Waals surface area (Å²) >= 11 is 0. The molecule has 1 unspecified atom stereocenters. The minimum absolute atomic E-state index is 0.0775. The predicted molar refractivity (Wildman–Crippen MR) is 104 cm³/mol. The monoisotopic (exact) mass is 359 g/mol. The van der Waals surface area contributed by atoms with Gasteiger partial charge in [0.05, 0.1) is 0 Å². The fraction of sp³-hybridized carbons (Fsp3) is 0.579. The number of carbonyl (C=O) groups excluding carboxylic acids is 1. The van der Waals surface area contributed by atoms with Crippen LogP contribution in [0.4, 0.5) is 5.69 Å². The highest BCUT2D eigenvalue weighted by Gasteiger charge is 2.30. The molecule has 2 aliphatic rings. The van der Waals surface area contributed by atoms with Crippen molar-refractivity contribution in [2.24, 2.45) is 4.99 Å². The Balaban J connectivity index is 1.54. The van der Waals surface area contributed by atoms with Gasteiger partial charge in [0.15, 0.2) is 5.96 Å². The van der Waals surface area contributed by atoms with Crippen molar-refractivity contribution in [2.75, 3.05) is 44.6 Å². The minimum Gasteiger partial charge on any atom is -0.508 e. The summed E-state index contributed by atoms with van der Waals surface area (Å²) in [4.78, 5) is 21.5. The van der Waals surface area contributed by atoms with Crippen LogP contribution in [0.5, 0.6) is 5.75 Å². The average Bonchev–Trinajstić information content (AvgIpc) is 3.32. The third kappa shape index (κ3) is 4.88. The molecule has 1 amide bonds. The zero-order chi connectivity index (χ0) is 18.4. The number of hydrogen-bond acceptors (Lipinski definition) is 4. The van der Waals surface area contributed by atoms with E-state index >= 15 is 0 Å². The SMILES string of the molecule is CCNC(=NCC(=O)Nc1ccc(O)cc1)N1CCC(N2CCCC2)C1. The van der Waals surface area contributed by atoms with Gasteiger partial charge in [0.2, 0.25) is 5.91 Å². The van der Waals surface area contributed by atoms with E-state index in [0.29, 0.717) is 11.7 Å². The van der Waals surface area contributed by atoms with E-state index in [1.165, 1.54) is 25.9 Å². The summed E-state index contributed by atoms with van der Waals surface area (Å²) in [6.07, 6.45) is 3.77. The summed E-state index contributed by atoms with van der Waals surface area (Å²) in [5.74, 6) is 0.827. The Bertz CT molecular complexity index is 625. The van der Waals surface area contributed by atoms with Crippen LogP contribution in [-0.4, -0.2) is 72.1 Å². The molecule has 2 saturated heterocycles. The van der Waals surface area contributed by atoms with Gasteiger partial charge in [-0.3, -0.25) is 9.69 Å². The molecule has 0 aromatic heterocycles. The Kier molecular flexibility index (Phi) is 6.33. The molecule has 1 atom stereocenters. The number of hydrogen-bond donors (Lipinski definition) is 3. The van der Waals surface area contributed by atoms with Gasteiger partial charge < -0.3 is 20.6 Å². The maximum Gasteiger partial charge on any atom is 0.246 e. The van der Waals surface area contributed by atoms with E-state index in [1.807, 2.05) is 6.92 Å². The summed E-state index contributed by atoms with van der Waals surface area (Å²) in [6.45, 7) is 7.28. The van der Waals surface area contributed by atoms with Gasteiger partial charge >= 0.3 is 0 Å². The van der Waals surface area contributed by atoms with E-state index < -0.39 is 0 Å². The quantitative estimate of drug-likeness (QED) is 0.421. The van der Waals surface area contributed by atoms with E-state index in [1.54, 1.807) is 24.3 Å². The van der Waals surface area contributed by atoms with Gasteiger partial charge in [0.25, 0.3) is 0 Å². The highest BCUT2D eigenvalue weighted by atomic mass is 16.3. The van der Waals surface area contributed by atoms with Crippen molar-refractivity contribution in [1.29, 1.82) is 0 Å². The lowest BCUT2D eigenvalue weighted by atomic mass is 10.2. The van der Waals surface area contributed by atoms with Gasteiger partial charge in [-0.25, -0.2) is 4.99 Å². The number of phenolic OH excluding ortho intramolecular Hbond substituents is 1. The van der Waals surface area contributed by atoms with Crippen LogP contribution in [0.3, 0.4) is 0 Å². The van der Waals surface area contributed by atoms with Crippen LogP contribution in [0.1, 0.15) is 26.2 Å². The lowest BCUT2D eigenvalue weighted by Gasteiger charge is -2.25. The van der Waals surface area contributed by atoms with Gasteiger partial charge in [0.1, 0.15) is 12.3 Å². The minimum atomic E-state index is -0.165. The van der Waals surface area contributed by atoms with Crippen LogP contribution in [0.2, 0.25) is 0 Å². The number of nitrogens with zero attached hydrogens (tertiary/aromatic N) is 3. The Hall–Kier alpha value is -2.28. The summed E-state index contributed by atoms with van der Waals surface area (Å²) in [5.41, 5.74) is 0.656. The number of likely N-dealkylation sites (tertiary alicyclic amines) is 2. The molecule has 0 spiro atoms. The zero-order valence-electron chi connectivity index (χ0n) is 15.4. The lowest BCUT2D eigenvalue weighted by Crippen LogP contribution is -2.43. The molecular weight excluding hydrogens is 330 g/mol. The molecule has 7 heteroatoms. The molecular formula is C19H29N5O2. The standard InChI is InChI=1S/C19H29N5O2/c1-2-20-19(24-12-9-16(14-24)23-10-3-4-11-23)21-13-18(26)22-15-5-7-17(25)8-6-15/h5-8,16,25H,2-4,9-14H2,1H3,(H,20,21)(H,22,26). The van der Waals surface area contributed by atoms with Gasteiger partial charge in [0, 0.05) is 31.4 Å². The number of carbonyl (C=O) groups is 1. The second-order valence-corrected chi connectivity index (χ2v) is 6.90. The molecule has 1 aromatic carbocycles. The fourth-order valence-electron chi connectivity index (χ4n) is 3.66. The number of nitrogens with one attached hydrogen (secondary N) is 2. The van der Waals surface area contributed by atoms with Gasteiger partial charge in [-0.15, -0.1) is 0 Å². The normalized spacial score (nSPS) is 21.2. The number of guanidine groups is 1. The van der Waals surface area contributed by atoms with Crippen molar-refractivity contribution in [3.05, 3.63) is 24.3 Å². The average molecular weight is 359 g/mol. The van der Waals surface area contributed by atoms with Crippen molar-refractivity contribution < 1.29 is 9.90 Å². The Morgan fingerprint density at radius 2 is 1.96 bits per heavy atom. The number of benzene rings is 1. The lowest BCUT2D eigenvalue weighted by molar-refractivity contribution is -0.114. The van der Waals surface area contributed by atoms with E-state index in [-0.39, 0.29) is 18.2 Å². The first-order valence-corrected chi connectivity index (χ1v) is 9.52. The maximum atomic E-state index is 12.2. The summed E-state index contributed by atoms with van der Waals surface area (Å²) < 4.78 is 0. The Labute approximate surface area is 155 Å². The number of phenols is 1. The molecule has 0 aliphatic carbocycles. The van der Waals surface area contributed by atoms with E-state index in [4.69, 9.17) is 0 Å². The van der Waals surface area contributed by atoms with Crippen LogP contribution in [-0.2, 0) is 4.79 Å². The third-order valence-corrected chi connectivity index (χ3v) is 4.98. The number of rotatable bonds is 5. The largest absolute Gasteiger partial charge is 0.508 e. The van der Waals surface area contributed by atoms with Crippen LogP contribution in [0.15, 0.2) is 29.3 Å². The van der Waals surface area contributed by atoms with Crippen molar-refractivity contribution >= 4 is 17.6 Å². The predicted octanol–water partition coefficient (Wildman–Crippen LogP) is 1.47. The highest BCUT2D eigenvalue weighted by Crippen LogP contribution is 2.20. The second-order valence-electron chi connectivity index (χ2n) is 6.90. The first kappa shape index (κ1) is 18.5. The zero-order valence-corrected chi connectivity index (χ0v) is 15.4. The van der Waals surface area contributed by atoms with E-state index in [9.17, 15) is 9.90 Å². The van der Waals surface area contributed by atoms with Gasteiger partial charge in [-0.05, 0) is 63.5 Å². The summed E-state index contributed by atoms with van der Waals surface area (Å²) in [5, 5.41) is 15.4. The molecule has 3 rings (SSSR count). The van der Waals surface area contributed by atoms with Crippen LogP contribution in [0.25, 0.3) is 0 Å². The highest BCUT2D eigenvalue weighted by molar-refractivity contribution is 5.94. The van der Waals surface area contributed by atoms with Crippen molar-refractivity contribution in [1.82, 2.24) is 15.1 Å². The second kappa shape index (κ2) is 8.89. The number of aliphatic imine (C=N–C) groups is 1. The van der Waals surface area contributed by atoms with Crippen molar-refractivity contribution in [2.45, 2.75) is 32.2 Å². The van der Waals surface area contributed by atoms with Crippen molar-refractivity contribution in [3.63, 3.8) is 0 Å². The Morgan fingerprint density at radius 1 is 1.23 bits per heavy atom. The molecule has 2 fully saturated rings. The van der Waals surface area contributed by atoms with Gasteiger partial charge in [-0.1, -0.05) is 0 Å². The topological polar surface area (TPSA) is 80.2 Å². The molecule has 142 valence electrons. The molecule has 0 radical (unpaired) electrons. The van der Waals surface area contributed by atoms with Crippen LogP contribution in [0, 0.1) is 0 Å². The van der Waals surface area contributed by atoms with E-state index in [2.05, 4.69) is 25.4 Å². The third-order valence-electron chi connectivity index (χ3n) is 4.98. The number of amides is 1. The maximum absolute atomic E-state index is 12.2. The van der Waals surface area contributed by atoms with Crippen molar-refractivity contribution in [3.8, 4) is 5.75 Å². The van der Waals surface area contributed by atoms with Crippen LogP contribution < -0.4 is 10.6 Å². The first-order valence-electron chi connectivity index (χ1n) is 9.52. The molecule has 0 bridgehead atoms. The number of aromatic hydroxyl groups is 1. The molecule has 26 heavy (non-hydrogen) atoms. The first-order chi connectivity index (χ1) is 12.7. The summed E-state index contributed by atoms with van der Waals surface area (Å²) in [6, 6.07) is 7.04. The molecule has 3 N–H and O–H groups in total. The Morgan fingerprint density at radius 3 is 2.65 bits per heavy atom. The van der Waals surface area contributed by atoms with E-state index in [0.717, 1.165) is 32.0 Å². The smallest absolute Gasteiger partial charge is 0.246 e.